The van der Waals surface area contributed by atoms with E-state index >= 15 is 0 Å². The summed E-state index contributed by atoms with van der Waals surface area (Å²) in [4.78, 5) is 13.0. The third kappa shape index (κ3) is 4.48. The van der Waals surface area contributed by atoms with E-state index in [-0.39, 0.29) is 0 Å². The zero-order chi connectivity index (χ0) is 34.1. The maximum Gasteiger partial charge on any atom is 0.152 e. The number of nitrogens with one attached hydrogen (secondary N) is 1. The first-order chi connectivity index (χ1) is 24.4. The van der Waals surface area contributed by atoms with Gasteiger partial charge < -0.3 is 19.6 Å². The Labute approximate surface area is 289 Å². The predicted molar refractivity (Wildman–Crippen MR) is 207 cm³/mol. The maximum atomic E-state index is 13.0. The molecule has 242 valence electrons. The zero-order valence-corrected chi connectivity index (χ0v) is 28.1. The van der Waals surface area contributed by atoms with Gasteiger partial charge >= 0.3 is 0 Å². The van der Waals surface area contributed by atoms with Crippen LogP contribution in [0.15, 0.2) is 133 Å². The van der Waals surface area contributed by atoms with Crippen LogP contribution in [-0.4, -0.2) is 20.5 Å². The monoisotopic (exact) mass is 649 g/mol. The van der Waals surface area contributed by atoms with E-state index in [1.807, 2.05) is 38.1 Å². The van der Waals surface area contributed by atoms with Crippen molar-refractivity contribution < 1.29 is 9.90 Å². The molecule has 0 saturated carbocycles. The van der Waals surface area contributed by atoms with E-state index < -0.39 is 6.23 Å². The van der Waals surface area contributed by atoms with Gasteiger partial charge in [0.2, 0.25) is 0 Å². The second kappa shape index (κ2) is 11.5. The summed E-state index contributed by atoms with van der Waals surface area (Å²) in [7, 11) is 0. The highest BCUT2D eigenvalue weighted by molar-refractivity contribution is 6.29. The van der Waals surface area contributed by atoms with E-state index in [0.29, 0.717) is 11.1 Å². The summed E-state index contributed by atoms with van der Waals surface area (Å²) in [5.74, 6) is 0. The molecule has 0 saturated heterocycles. The number of aromatic nitrogens is 2. The Morgan fingerprint density at radius 1 is 0.600 bits per heavy atom. The molecule has 5 nitrogen and oxygen atoms in total. The van der Waals surface area contributed by atoms with E-state index in [4.69, 9.17) is 0 Å². The SMILES string of the molecule is Cc1cc(C)c(NC(O)c2cccc(-n3c4ccccc4c4c5c6ccccc6n(-c6ccc7ccccc7c6)c5ccc43)c2C=O)c(C)c1. The van der Waals surface area contributed by atoms with Crippen molar-refractivity contribution >= 4 is 66.4 Å². The van der Waals surface area contributed by atoms with Crippen molar-refractivity contribution in [2.45, 2.75) is 27.0 Å². The lowest BCUT2D eigenvalue weighted by molar-refractivity contribution is 0.111. The molecule has 5 heteroatoms. The zero-order valence-electron chi connectivity index (χ0n) is 28.1. The minimum atomic E-state index is -1.09. The number of hydrogen-bond donors (Lipinski definition) is 2. The van der Waals surface area contributed by atoms with Gasteiger partial charge in [-0.05, 0) is 85.1 Å². The van der Waals surface area contributed by atoms with Crippen LogP contribution in [0.2, 0.25) is 0 Å². The molecule has 9 rings (SSSR count). The smallest absolute Gasteiger partial charge is 0.152 e. The number of aldehydes is 1. The number of carbonyl (C=O) groups is 1. The van der Waals surface area contributed by atoms with Crippen molar-refractivity contribution in [3.63, 3.8) is 0 Å². The van der Waals surface area contributed by atoms with Crippen LogP contribution < -0.4 is 5.32 Å². The van der Waals surface area contributed by atoms with E-state index in [1.54, 1.807) is 0 Å². The number of carbonyl (C=O) groups excluding carboxylic acids is 1. The molecule has 1 unspecified atom stereocenters. The topological polar surface area (TPSA) is 59.2 Å². The first-order valence-corrected chi connectivity index (χ1v) is 17.0. The van der Waals surface area contributed by atoms with Gasteiger partial charge in [-0.3, -0.25) is 4.79 Å². The van der Waals surface area contributed by atoms with Crippen LogP contribution in [0.3, 0.4) is 0 Å². The fraction of sp³-hybridized carbons (Fsp3) is 0.0889. The highest BCUT2D eigenvalue weighted by Crippen LogP contribution is 2.43. The molecule has 0 fully saturated rings. The first-order valence-electron chi connectivity index (χ1n) is 17.0. The fourth-order valence-corrected chi connectivity index (χ4v) is 8.13. The Hall–Kier alpha value is -6.17. The quantitative estimate of drug-likeness (QED) is 0.139. The van der Waals surface area contributed by atoms with Crippen molar-refractivity contribution in [1.29, 1.82) is 0 Å². The molecule has 7 aromatic carbocycles. The summed E-state index contributed by atoms with van der Waals surface area (Å²) >= 11 is 0. The molecule has 2 aromatic heterocycles. The normalized spacial score (nSPS) is 12.4. The number of nitrogens with zero attached hydrogens (tertiary/aromatic N) is 2. The summed E-state index contributed by atoms with van der Waals surface area (Å²) in [6.07, 6.45) is -0.218. The van der Waals surface area contributed by atoms with Crippen LogP contribution in [0.1, 0.15) is 38.8 Å². The number of hydrogen-bond acceptors (Lipinski definition) is 3. The van der Waals surface area contributed by atoms with Crippen molar-refractivity contribution in [1.82, 2.24) is 9.13 Å². The van der Waals surface area contributed by atoms with Crippen LogP contribution in [0.25, 0.3) is 65.8 Å². The van der Waals surface area contributed by atoms with Crippen LogP contribution in [0, 0.1) is 20.8 Å². The Kier molecular flexibility index (Phi) is 6.87. The minimum Gasteiger partial charge on any atom is -0.369 e. The van der Waals surface area contributed by atoms with Gasteiger partial charge in [0.05, 0.1) is 27.8 Å². The Morgan fingerprint density at radius 2 is 1.20 bits per heavy atom. The highest BCUT2D eigenvalue weighted by atomic mass is 16.3. The molecule has 0 amide bonds. The second-order valence-corrected chi connectivity index (χ2v) is 13.3. The molecule has 2 N–H and O–H groups in total. The maximum absolute atomic E-state index is 13.0. The molecular weight excluding hydrogens is 615 g/mol. The minimum absolute atomic E-state index is 0.441. The molecular formula is C45H35N3O2. The van der Waals surface area contributed by atoms with Crippen molar-refractivity contribution in [2.24, 2.45) is 0 Å². The van der Waals surface area contributed by atoms with Gasteiger partial charge in [-0.15, -0.1) is 0 Å². The molecule has 0 radical (unpaired) electrons. The Bertz CT molecular complexity index is 2800. The number of aryl methyl sites for hydroxylation is 3. The summed E-state index contributed by atoms with van der Waals surface area (Å²) in [5, 5.41) is 21.9. The Balaban J connectivity index is 1.30. The summed E-state index contributed by atoms with van der Waals surface area (Å²) in [6.45, 7) is 6.12. The molecule has 0 bridgehead atoms. The van der Waals surface area contributed by atoms with E-state index in [9.17, 15) is 9.90 Å². The van der Waals surface area contributed by atoms with Gasteiger partial charge in [-0.1, -0.05) is 96.6 Å². The van der Waals surface area contributed by atoms with Gasteiger partial charge in [-0.2, -0.15) is 0 Å². The standard InChI is InChI=1S/C45H35N3O2/c1-27-23-28(2)44(29(3)24-27)46-45(50)33-15-10-18-39(36(33)26-49)48-38-17-9-7-14-35(38)43-41(48)22-21-40-42(43)34-13-6-8-16-37(34)47(40)32-20-19-30-11-4-5-12-31(30)25-32/h4-26,45-46,50H,1-3H3. The third-order valence-electron chi connectivity index (χ3n) is 10.2. The van der Waals surface area contributed by atoms with E-state index in [1.165, 1.54) is 10.8 Å². The largest absolute Gasteiger partial charge is 0.369 e. The molecule has 0 aliphatic rings. The van der Waals surface area contributed by atoms with Crippen molar-refractivity contribution in [2.75, 3.05) is 5.32 Å². The van der Waals surface area contributed by atoms with Crippen LogP contribution in [0.4, 0.5) is 5.69 Å². The molecule has 0 spiro atoms. The summed E-state index contributed by atoms with van der Waals surface area (Å²) < 4.78 is 4.53. The van der Waals surface area contributed by atoms with Gasteiger partial charge in [0, 0.05) is 44.0 Å². The average Bonchev–Trinajstić information content (AvgIpc) is 3.65. The number of para-hydroxylation sites is 2. The van der Waals surface area contributed by atoms with Crippen molar-refractivity contribution in [3.8, 4) is 11.4 Å². The third-order valence-corrected chi connectivity index (χ3v) is 10.2. The lowest BCUT2D eigenvalue weighted by Crippen LogP contribution is -2.15. The van der Waals surface area contributed by atoms with Gasteiger partial charge in [-0.25, -0.2) is 0 Å². The predicted octanol–water partition coefficient (Wildman–Crippen LogP) is 10.9. The summed E-state index contributed by atoms with van der Waals surface area (Å²) in [5.41, 5.74) is 11.1. The first kappa shape index (κ1) is 29.9. The number of aliphatic hydroxyl groups is 1. The second-order valence-electron chi connectivity index (χ2n) is 13.3. The molecule has 50 heavy (non-hydrogen) atoms. The number of fused-ring (bicyclic) bond motifs is 8. The lowest BCUT2D eigenvalue weighted by Gasteiger charge is -2.22. The van der Waals surface area contributed by atoms with E-state index in [0.717, 1.165) is 83.7 Å². The molecule has 9 aromatic rings. The fourth-order valence-electron chi connectivity index (χ4n) is 8.13. The number of rotatable bonds is 6. The molecule has 1 atom stereocenters. The number of anilines is 1. The lowest BCUT2D eigenvalue weighted by atomic mass is 10.0. The molecule has 0 aliphatic carbocycles. The average molecular weight is 650 g/mol. The Morgan fingerprint density at radius 3 is 1.88 bits per heavy atom. The molecule has 2 heterocycles. The van der Waals surface area contributed by atoms with E-state index in [2.05, 4.69) is 131 Å². The van der Waals surface area contributed by atoms with Gasteiger partial charge in [0.15, 0.2) is 12.5 Å². The molecule has 0 aliphatic heterocycles. The van der Waals surface area contributed by atoms with Crippen LogP contribution >= 0.6 is 0 Å². The van der Waals surface area contributed by atoms with Crippen LogP contribution in [0.5, 0.6) is 0 Å². The van der Waals surface area contributed by atoms with Gasteiger partial charge in [0.25, 0.3) is 0 Å². The van der Waals surface area contributed by atoms with Crippen LogP contribution in [-0.2, 0) is 0 Å². The van der Waals surface area contributed by atoms with Gasteiger partial charge in [0.1, 0.15) is 0 Å². The highest BCUT2D eigenvalue weighted by Gasteiger charge is 2.23. The summed E-state index contributed by atoms with van der Waals surface area (Å²) in [6, 6.07) is 46.4. The number of aliphatic hydroxyl groups excluding tert-OH is 1. The van der Waals surface area contributed by atoms with Crippen molar-refractivity contribution in [3.05, 3.63) is 161 Å². The number of benzene rings is 7.